The van der Waals surface area contributed by atoms with E-state index in [1.54, 1.807) is 24.0 Å². The highest BCUT2D eigenvalue weighted by molar-refractivity contribution is 5.95. The lowest BCUT2D eigenvalue weighted by Crippen LogP contribution is -2.38. The molecule has 0 saturated carbocycles. The van der Waals surface area contributed by atoms with Gasteiger partial charge in [0.05, 0.1) is 11.0 Å². The second-order valence-corrected chi connectivity index (χ2v) is 4.95. The Hall–Kier alpha value is -2.42. The molecule has 2 rings (SSSR count). The van der Waals surface area contributed by atoms with Gasteiger partial charge in [-0.2, -0.15) is 5.26 Å². The Labute approximate surface area is 116 Å². The average molecular weight is 273 g/mol. The van der Waals surface area contributed by atoms with Crippen LogP contribution >= 0.6 is 0 Å². The number of nitro benzene ring substituents is 1. The summed E-state index contributed by atoms with van der Waals surface area (Å²) in [5.41, 5.74) is 0.829. The van der Waals surface area contributed by atoms with Crippen LogP contribution in [0.3, 0.4) is 0 Å². The predicted octanol–water partition coefficient (Wildman–Crippen LogP) is 2.28. The summed E-state index contributed by atoms with van der Waals surface area (Å²) in [7, 11) is 0. The highest BCUT2D eigenvalue weighted by Gasteiger charge is 2.24. The molecule has 0 radical (unpaired) electrons. The van der Waals surface area contributed by atoms with Crippen LogP contribution in [-0.4, -0.2) is 28.8 Å². The van der Waals surface area contributed by atoms with Gasteiger partial charge < -0.3 is 4.90 Å². The van der Waals surface area contributed by atoms with Crippen LogP contribution in [0.5, 0.6) is 0 Å². The van der Waals surface area contributed by atoms with Crippen molar-refractivity contribution in [2.24, 2.45) is 5.92 Å². The zero-order chi connectivity index (χ0) is 14.7. The summed E-state index contributed by atoms with van der Waals surface area (Å²) in [6.45, 7) is 2.70. The molecule has 0 bridgehead atoms. The van der Waals surface area contributed by atoms with Gasteiger partial charge in [-0.05, 0) is 25.8 Å². The third kappa shape index (κ3) is 2.77. The lowest BCUT2D eigenvalue weighted by Gasteiger charge is -2.29. The molecule has 20 heavy (non-hydrogen) atoms. The Morgan fingerprint density at radius 2 is 2.10 bits per heavy atom. The zero-order valence-electron chi connectivity index (χ0n) is 11.2. The van der Waals surface area contributed by atoms with E-state index < -0.39 is 4.92 Å². The first-order chi connectivity index (χ1) is 9.52. The molecule has 6 nitrogen and oxygen atoms in total. The standard InChI is InChI=1S/C14H15N3O3/c1-10-2-3-12(8-13(10)17(19)20)14(18)16-6-4-11(9-15)5-7-16/h2-3,8,11H,4-7H2,1H3. The van der Waals surface area contributed by atoms with Gasteiger partial charge >= 0.3 is 0 Å². The van der Waals surface area contributed by atoms with Crippen LogP contribution in [-0.2, 0) is 0 Å². The van der Waals surface area contributed by atoms with Gasteiger partial charge in [0.25, 0.3) is 11.6 Å². The Morgan fingerprint density at radius 1 is 1.45 bits per heavy atom. The molecule has 0 aliphatic carbocycles. The molecule has 0 unspecified atom stereocenters. The average Bonchev–Trinajstić information content (AvgIpc) is 2.47. The lowest BCUT2D eigenvalue weighted by molar-refractivity contribution is -0.385. The van der Waals surface area contributed by atoms with E-state index in [4.69, 9.17) is 5.26 Å². The summed E-state index contributed by atoms with van der Waals surface area (Å²) in [5.74, 6) is -0.198. The second-order valence-electron chi connectivity index (χ2n) is 4.95. The van der Waals surface area contributed by atoms with E-state index in [0.717, 1.165) is 0 Å². The van der Waals surface area contributed by atoms with Crippen LogP contribution in [0.4, 0.5) is 5.69 Å². The monoisotopic (exact) mass is 273 g/mol. The number of carbonyl (C=O) groups is 1. The molecule has 6 heteroatoms. The van der Waals surface area contributed by atoms with Crippen molar-refractivity contribution in [1.29, 1.82) is 5.26 Å². The van der Waals surface area contributed by atoms with Crippen molar-refractivity contribution in [3.05, 3.63) is 39.4 Å². The molecule has 1 aromatic carbocycles. The molecule has 0 N–H and O–H groups in total. The van der Waals surface area contributed by atoms with Crippen molar-refractivity contribution < 1.29 is 9.72 Å². The molecule has 1 aliphatic rings. The fourth-order valence-corrected chi connectivity index (χ4v) is 2.33. The quantitative estimate of drug-likeness (QED) is 0.611. The van der Waals surface area contributed by atoms with Crippen molar-refractivity contribution in [2.45, 2.75) is 19.8 Å². The first-order valence-corrected chi connectivity index (χ1v) is 6.47. The maximum absolute atomic E-state index is 12.3. The second kappa shape index (κ2) is 5.70. The van der Waals surface area contributed by atoms with E-state index in [2.05, 4.69) is 6.07 Å². The molecule has 1 heterocycles. The van der Waals surface area contributed by atoms with Gasteiger partial charge in [0.15, 0.2) is 0 Å². The van der Waals surface area contributed by atoms with Crippen molar-refractivity contribution >= 4 is 11.6 Å². The summed E-state index contributed by atoms with van der Waals surface area (Å²) in [6.07, 6.45) is 1.33. The SMILES string of the molecule is Cc1ccc(C(=O)N2CCC(C#N)CC2)cc1[N+](=O)[O-]. The van der Waals surface area contributed by atoms with Gasteiger partial charge in [-0.1, -0.05) is 6.07 Å². The minimum Gasteiger partial charge on any atom is -0.339 e. The first-order valence-electron chi connectivity index (χ1n) is 6.47. The Morgan fingerprint density at radius 3 is 2.65 bits per heavy atom. The van der Waals surface area contributed by atoms with Crippen LogP contribution < -0.4 is 0 Å². The van der Waals surface area contributed by atoms with Crippen LogP contribution in [0.15, 0.2) is 18.2 Å². The summed E-state index contributed by atoms with van der Waals surface area (Å²) < 4.78 is 0. The molecule has 1 fully saturated rings. The van der Waals surface area contributed by atoms with E-state index in [9.17, 15) is 14.9 Å². The number of nitro groups is 1. The van der Waals surface area contributed by atoms with Gasteiger partial charge in [-0.15, -0.1) is 0 Å². The minimum atomic E-state index is -0.478. The third-order valence-corrected chi connectivity index (χ3v) is 3.62. The number of likely N-dealkylation sites (tertiary alicyclic amines) is 1. The highest BCUT2D eigenvalue weighted by atomic mass is 16.6. The topological polar surface area (TPSA) is 87.2 Å². The fourth-order valence-electron chi connectivity index (χ4n) is 2.33. The van der Waals surface area contributed by atoms with Gasteiger partial charge in [0.1, 0.15) is 0 Å². The van der Waals surface area contributed by atoms with Crippen molar-refractivity contribution in [2.75, 3.05) is 13.1 Å². The van der Waals surface area contributed by atoms with E-state index >= 15 is 0 Å². The van der Waals surface area contributed by atoms with Crippen LogP contribution in [0.25, 0.3) is 0 Å². The van der Waals surface area contributed by atoms with E-state index in [-0.39, 0.29) is 17.5 Å². The molecule has 1 amide bonds. The maximum atomic E-state index is 12.3. The number of amides is 1. The van der Waals surface area contributed by atoms with Gasteiger partial charge in [-0.25, -0.2) is 0 Å². The number of rotatable bonds is 2. The zero-order valence-corrected chi connectivity index (χ0v) is 11.2. The number of carbonyl (C=O) groups excluding carboxylic acids is 1. The largest absolute Gasteiger partial charge is 0.339 e. The number of hydrogen-bond acceptors (Lipinski definition) is 4. The summed E-state index contributed by atoms with van der Waals surface area (Å²) in [5, 5.41) is 19.7. The predicted molar refractivity (Wildman–Crippen MR) is 72.1 cm³/mol. The number of piperidine rings is 1. The molecule has 104 valence electrons. The minimum absolute atomic E-state index is 0.00593. The smallest absolute Gasteiger partial charge is 0.273 e. The fraction of sp³-hybridized carbons (Fsp3) is 0.429. The van der Waals surface area contributed by atoms with E-state index in [0.29, 0.717) is 37.1 Å². The molecule has 1 saturated heterocycles. The third-order valence-electron chi connectivity index (χ3n) is 3.62. The van der Waals surface area contributed by atoms with Gasteiger partial charge in [0.2, 0.25) is 0 Å². The normalized spacial score (nSPS) is 15.7. The Bertz CT molecular complexity index is 584. The Kier molecular flexibility index (Phi) is 3.99. The van der Waals surface area contributed by atoms with Crippen molar-refractivity contribution in [3.63, 3.8) is 0 Å². The molecule has 1 aromatic rings. The van der Waals surface area contributed by atoms with Crippen LogP contribution in [0.2, 0.25) is 0 Å². The molecular formula is C14H15N3O3. The van der Waals surface area contributed by atoms with Gasteiger partial charge in [0, 0.05) is 36.2 Å². The van der Waals surface area contributed by atoms with E-state index in [1.165, 1.54) is 6.07 Å². The molecule has 1 aliphatic heterocycles. The lowest BCUT2D eigenvalue weighted by atomic mass is 9.98. The van der Waals surface area contributed by atoms with Crippen molar-refractivity contribution in [1.82, 2.24) is 4.90 Å². The van der Waals surface area contributed by atoms with Crippen LogP contribution in [0, 0.1) is 34.3 Å². The first kappa shape index (κ1) is 14.0. The number of benzene rings is 1. The summed E-state index contributed by atoms with van der Waals surface area (Å²) in [6, 6.07) is 6.74. The van der Waals surface area contributed by atoms with Crippen LogP contribution in [0.1, 0.15) is 28.8 Å². The number of aryl methyl sites for hydroxylation is 1. The summed E-state index contributed by atoms with van der Waals surface area (Å²) in [4.78, 5) is 24.4. The molecular weight excluding hydrogens is 258 g/mol. The number of nitrogens with zero attached hydrogens (tertiary/aromatic N) is 3. The van der Waals surface area contributed by atoms with Gasteiger partial charge in [-0.3, -0.25) is 14.9 Å². The molecule has 0 spiro atoms. The highest BCUT2D eigenvalue weighted by Crippen LogP contribution is 2.22. The van der Waals surface area contributed by atoms with E-state index in [1.807, 2.05) is 0 Å². The maximum Gasteiger partial charge on any atom is 0.273 e. The number of nitriles is 1. The molecule has 0 atom stereocenters. The van der Waals surface area contributed by atoms with Crippen molar-refractivity contribution in [3.8, 4) is 6.07 Å². The summed E-state index contributed by atoms with van der Waals surface area (Å²) >= 11 is 0. The number of hydrogen-bond donors (Lipinski definition) is 0. The Balaban J connectivity index is 2.16. The molecule has 0 aromatic heterocycles.